The first-order chi connectivity index (χ1) is 21.7. The molecular weight excluding hydrogens is 574 g/mol. The number of fused-ring (bicyclic) bond motifs is 1. The fourth-order valence-electron chi connectivity index (χ4n) is 4.54. The van der Waals surface area contributed by atoms with Gasteiger partial charge in [0.25, 0.3) is 11.5 Å². The Hall–Kier alpha value is -5.13. The number of hydrogen-bond donors (Lipinski definition) is 4. The topological polar surface area (TPSA) is 164 Å². The number of carbonyl (C=O) groups excluding carboxylic acids is 3. The molecular formula is C34H39N5O6. The van der Waals surface area contributed by atoms with Gasteiger partial charge in [-0.2, -0.15) is 0 Å². The van der Waals surface area contributed by atoms with Gasteiger partial charge in [0, 0.05) is 25.0 Å². The Morgan fingerprint density at radius 3 is 2.31 bits per heavy atom. The van der Waals surface area contributed by atoms with Gasteiger partial charge in [-0.15, -0.1) is 0 Å². The van der Waals surface area contributed by atoms with Crippen LogP contribution in [0.5, 0.6) is 0 Å². The molecule has 0 radical (unpaired) electrons. The van der Waals surface area contributed by atoms with Crippen LogP contribution in [-0.4, -0.2) is 64.9 Å². The molecule has 2 atom stereocenters. The highest BCUT2D eigenvalue weighted by atomic mass is 16.4. The lowest BCUT2D eigenvalue weighted by atomic mass is 10.1. The Kier molecular flexibility index (Phi) is 13.2. The van der Waals surface area contributed by atoms with Crippen molar-refractivity contribution in [2.75, 3.05) is 25.6 Å². The number of amides is 2. The average Bonchev–Trinajstić information content (AvgIpc) is 3.05. The van der Waals surface area contributed by atoms with Gasteiger partial charge in [0.05, 0.1) is 12.5 Å². The maximum atomic E-state index is 13.0. The highest BCUT2D eigenvalue weighted by Gasteiger charge is 2.24. The molecule has 4 rings (SSSR count). The SMILES string of the molecule is CCC(C(=O)N[C@H](C=O)CC(=O)O)n1cccc(NC(=O)c2ccc3ccccc3c2)c1=O.CN(CN)CCc1ccccc1. The molecule has 0 saturated heterocycles. The van der Waals surface area contributed by atoms with Crippen molar-refractivity contribution in [3.63, 3.8) is 0 Å². The van der Waals surface area contributed by atoms with Gasteiger partial charge in [0.2, 0.25) is 5.91 Å². The molecule has 0 aliphatic carbocycles. The summed E-state index contributed by atoms with van der Waals surface area (Å²) in [4.78, 5) is 62.4. The average molecular weight is 614 g/mol. The third-order valence-corrected chi connectivity index (χ3v) is 7.08. The summed E-state index contributed by atoms with van der Waals surface area (Å²) < 4.78 is 1.15. The number of hydrogen-bond acceptors (Lipinski definition) is 7. The molecule has 0 aliphatic rings. The van der Waals surface area contributed by atoms with Gasteiger partial charge in [0.1, 0.15) is 18.0 Å². The van der Waals surface area contributed by atoms with Crippen molar-refractivity contribution in [1.82, 2.24) is 14.8 Å². The number of rotatable bonds is 13. The largest absolute Gasteiger partial charge is 0.481 e. The molecule has 2 amide bonds. The Labute approximate surface area is 261 Å². The summed E-state index contributed by atoms with van der Waals surface area (Å²) in [6, 6.07) is 23.9. The van der Waals surface area contributed by atoms with Gasteiger partial charge in [-0.3, -0.25) is 24.1 Å². The van der Waals surface area contributed by atoms with Crippen molar-refractivity contribution in [3.8, 4) is 0 Å². The van der Waals surface area contributed by atoms with Crippen LogP contribution in [0.15, 0.2) is 95.9 Å². The van der Waals surface area contributed by atoms with Gasteiger partial charge >= 0.3 is 5.97 Å². The van der Waals surface area contributed by atoms with Crippen LogP contribution in [-0.2, 0) is 20.8 Å². The van der Waals surface area contributed by atoms with E-state index in [0.717, 1.165) is 28.3 Å². The van der Waals surface area contributed by atoms with E-state index in [0.29, 0.717) is 18.5 Å². The van der Waals surface area contributed by atoms with Crippen LogP contribution < -0.4 is 21.9 Å². The second-order valence-corrected chi connectivity index (χ2v) is 10.4. The highest BCUT2D eigenvalue weighted by molar-refractivity contribution is 6.06. The summed E-state index contributed by atoms with van der Waals surface area (Å²) in [6.45, 7) is 3.33. The Morgan fingerprint density at radius 1 is 0.978 bits per heavy atom. The first-order valence-corrected chi connectivity index (χ1v) is 14.6. The number of nitrogens with zero attached hydrogens (tertiary/aromatic N) is 2. The molecule has 3 aromatic carbocycles. The molecule has 0 aliphatic heterocycles. The van der Waals surface area contributed by atoms with Crippen molar-refractivity contribution in [2.45, 2.75) is 38.3 Å². The number of carbonyl (C=O) groups is 4. The minimum Gasteiger partial charge on any atom is -0.481 e. The zero-order valence-corrected chi connectivity index (χ0v) is 25.4. The lowest BCUT2D eigenvalue weighted by Gasteiger charge is -2.20. The number of carboxylic acid groups (broad SMARTS) is 1. The molecule has 236 valence electrons. The van der Waals surface area contributed by atoms with E-state index in [1.165, 1.54) is 23.9 Å². The summed E-state index contributed by atoms with van der Waals surface area (Å²) in [6.07, 6.45) is 2.44. The Balaban J connectivity index is 0.000000385. The minimum atomic E-state index is -1.24. The van der Waals surface area contributed by atoms with Crippen molar-refractivity contribution >= 4 is 40.5 Å². The second-order valence-electron chi connectivity index (χ2n) is 10.4. The zero-order valence-electron chi connectivity index (χ0n) is 25.4. The highest BCUT2D eigenvalue weighted by Crippen LogP contribution is 2.17. The molecule has 0 saturated carbocycles. The predicted octanol–water partition coefficient (Wildman–Crippen LogP) is 3.44. The van der Waals surface area contributed by atoms with E-state index in [1.54, 1.807) is 19.1 Å². The molecule has 45 heavy (non-hydrogen) atoms. The quantitative estimate of drug-likeness (QED) is 0.132. The molecule has 11 nitrogen and oxygen atoms in total. The van der Waals surface area contributed by atoms with Gasteiger partial charge in [0.15, 0.2) is 0 Å². The summed E-state index contributed by atoms with van der Waals surface area (Å²) in [7, 11) is 2.03. The lowest BCUT2D eigenvalue weighted by Crippen LogP contribution is -2.43. The predicted molar refractivity (Wildman–Crippen MR) is 174 cm³/mol. The van der Waals surface area contributed by atoms with E-state index in [2.05, 4.69) is 39.8 Å². The van der Waals surface area contributed by atoms with E-state index >= 15 is 0 Å². The molecule has 1 unspecified atom stereocenters. The van der Waals surface area contributed by atoms with Crippen LogP contribution in [0.4, 0.5) is 5.69 Å². The minimum absolute atomic E-state index is 0.0145. The maximum Gasteiger partial charge on any atom is 0.305 e. The number of aromatic nitrogens is 1. The first kappa shape index (κ1) is 34.4. The third kappa shape index (κ3) is 10.2. The molecule has 4 aromatic rings. The number of nitrogens with one attached hydrogen (secondary N) is 2. The molecule has 1 aromatic heterocycles. The molecule has 11 heteroatoms. The van der Waals surface area contributed by atoms with E-state index in [-0.39, 0.29) is 12.1 Å². The number of likely N-dealkylation sites (N-methyl/N-ethyl adjacent to an activating group) is 1. The van der Waals surface area contributed by atoms with E-state index in [9.17, 15) is 24.0 Å². The van der Waals surface area contributed by atoms with Gasteiger partial charge in [-0.25, -0.2) is 0 Å². The van der Waals surface area contributed by atoms with Gasteiger partial charge in [-0.05, 0) is 60.5 Å². The number of pyridine rings is 1. The van der Waals surface area contributed by atoms with Crippen molar-refractivity contribution in [3.05, 3.63) is 113 Å². The normalized spacial score (nSPS) is 12.0. The monoisotopic (exact) mass is 613 g/mol. The van der Waals surface area contributed by atoms with Gasteiger partial charge < -0.3 is 30.8 Å². The van der Waals surface area contributed by atoms with Crippen LogP contribution in [0.2, 0.25) is 0 Å². The fourth-order valence-corrected chi connectivity index (χ4v) is 4.54. The summed E-state index contributed by atoms with van der Waals surface area (Å²) >= 11 is 0. The van der Waals surface area contributed by atoms with Crippen molar-refractivity contribution in [1.29, 1.82) is 0 Å². The fraction of sp³-hybridized carbons (Fsp3) is 0.265. The molecule has 0 bridgehead atoms. The number of aliphatic carboxylic acids is 1. The van der Waals surface area contributed by atoms with Crippen LogP contribution >= 0.6 is 0 Å². The maximum absolute atomic E-state index is 13.0. The number of nitrogens with two attached hydrogens (primary N) is 1. The third-order valence-electron chi connectivity index (χ3n) is 7.08. The van der Waals surface area contributed by atoms with E-state index in [4.69, 9.17) is 10.8 Å². The second kappa shape index (κ2) is 17.2. The number of aldehydes is 1. The molecule has 0 spiro atoms. The zero-order chi connectivity index (χ0) is 32.8. The van der Waals surface area contributed by atoms with E-state index < -0.39 is 41.8 Å². The number of benzene rings is 3. The van der Waals surface area contributed by atoms with Crippen LogP contribution in [0.3, 0.4) is 0 Å². The standard InChI is InChI=1S/C24H23N3O6.C10H16N2/c1-2-20(23(32)25-18(14-28)13-21(29)30)27-11-5-8-19(24(27)33)26-22(31)17-10-9-15-6-3-4-7-16(15)12-17;1-12(9-11)8-7-10-5-3-2-4-6-10/h3-12,14,18,20H,2,13H2,1H3,(H,25,32)(H,26,31)(H,29,30);2-6H,7-9,11H2,1H3/t18-,20?;/m0./s1. The summed E-state index contributed by atoms with van der Waals surface area (Å²) in [5.41, 5.74) is 6.59. The van der Waals surface area contributed by atoms with Crippen LogP contribution in [0, 0.1) is 0 Å². The first-order valence-electron chi connectivity index (χ1n) is 14.6. The molecule has 1 heterocycles. The Bertz CT molecular complexity index is 1660. The lowest BCUT2D eigenvalue weighted by molar-refractivity contribution is -0.139. The van der Waals surface area contributed by atoms with Crippen molar-refractivity contribution < 1.29 is 24.3 Å². The van der Waals surface area contributed by atoms with E-state index in [1.807, 2.05) is 43.4 Å². The van der Waals surface area contributed by atoms with Crippen LogP contribution in [0.1, 0.15) is 41.7 Å². The van der Waals surface area contributed by atoms with Gasteiger partial charge in [-0.1, -0.05) is 67.6 Å². The summed E-state index contributed by atoms with van der Waals surface area (Å²) in [5, 5.41) is 15.6. The molecule has 0 fully saturated rings. The molecule has 5 N–H and O–H groups in total. The number of anilines is 1. The smallest absolute Gasteiger partial charge is 0.305 e. The van der Waals surface area contributed by atoms with Crippen LogP contribution in [0.25, 0.3) is 10.8 Å². The summed E-state index contributed by atoms with van der Waals surface area (Å²) in [5.74, 6) is -2.39. The Morgan fingerprint density at radius 2 is 1.67 bits per heavy atom. The van der Waals surface area contributed by atoms with Crippen molar-refractivity contribution in [2.24, 2.45) is 5.73 Å². The number of carboxylic acids is 1.